The monoisotopic (exact) mass is 455 g/mol. The molecule has 0 aliphatic carbocycles. The number of amides is 1. The second-order valence-corrected chi connectivity index (χ2v) is 8.34. The van der Waals surface area contributed by atoms with Gasteiger partial charge in [0, 0.05) is 24.8 Å². The number of nitrogen functional groups attached to an aromatic ring is 1. The number of benzene rings is 2. The van der Waals surface area contributed by atoms with Gasteiger partial charge in [0.25, 0.3) is 5.56 Å². The van der Waals surface area contributed by atoms with Crippen LogP contribution in [0.4, 0.5) is 5.82 Å². The second-order valence-electron chi connectivity index (χ2n) is 8.34. The number of nitrogens with one attached hydrogen (secondary N) is 1. The van der Waals surface area contributed by atoms with Gasteiger partial charge in [-0.25, -0.2) is 5.10 Å². The average molecular weight is 456 g/mol. The van der Waals surface area contributed by atoms with E-state index in [2.05, 4.69) is 16.8 Å². The Labute approximate surface area is 196 Å². The van der Waals surface area contributed by atoms with Crippen molar-refractivity contribution in [2.45, 2.75) is 18.9 Å². The molecule has 1 aliphatic rings. The van der Waals surface area contributed by atoms with Gasteiger partial charge < -0.3 is 19.9 Å². The van der Waals surface area contributed by atoms with Crippen LogP contribution in [0, 0.1) is 0 Å². The molecule has 1 amide bonds. The van der Waals surface area contributed by atoms with E-state index in [1.54, 1.807) is 4.90 Å². The fraction of sp³-hybridized carbons (Fsp3) is 0.192. The van der Waals surface area contributed by atoms with E-state index in [9.17, 15) is 9.59 Å². The normalized spacial score (nSPS) is 15.9. The van der Waals surface area contributed by atoms with Crippen molar-refractivity contribution in [3.05, 3.63) is 83.8 Å². The summed E-state index contributed by atoms with van der Waals surface area (Å²) >= 11 is 0. The Kier molecular flexibility index (Phi) is 5.63. The number of aromatic nitrogens is 3. The van der Waals surface area contributed by atoms with Crippen LogP contribution in [0.2, 0.25) is 0 Å². The minimum absolute atomic E-state index is 0.0579. The van der Waals surface area contributed by atoms with E-state index in [0.29, 0.717) is 29.7 Å². The van der Waals surface area contributed by atoms with E-state index < -0.39 is 0 Å². The van der Waals surface area contributed by atoms with Crippen LogP contribution >= 0.6 is 0 Å². The van der Waals surface area contributed by atoms with Gasteiger partial charge >= 0.3 is 0 Å². The molecule has 5 rings (SSSR count). The van der Waals surface area contributed by atoms with Gasteiger partial charge in [-0.3, -0.25) is 9.59 Å². The fourth-order valence-corrected chi connectivity index (χ4v) is 4.58. The number of fused-ring (bicyclic) bond motifs is 1. The van der Waals surface area contributed by atoms with Crippen LogP contribution in [0.1, 0.15) is 18.9 Å². The van der Waals surface area contributed by atoms with Gasteiger partial charge in [0.1, 0.15) is 17.0 Å². The molecule has 172 valence electrons. The first kappa shape index (κ1) is 21.5. The smallest absolute Gasteiger partial charge is 0.288 e. The van der Waals surface area contributed by atoms with Gasteiger partial charge in [0.05, 0.1) is 11.4 Å². The zero-order chi connectivity index (χ0) is 23.7. The summed E-state index contributed by atoms with van der Waals surface area (Å²) in [6.07, 6.45) is 4.95. The number of H-pyrrole nitrogens is 1. The topological polar surface area (TPSA) is 106 Å². The largest absolute Gasteiger partial charge is 0.457 e. The van der Waals surface area contributed by atoms with Crippen molar-refractivity contribution in [1.82, 2.24) is 19.7 Å². The molecule has 1 fully saturated rings. The zero-order valence-electron chi connectivity index (χ0n) is 18.6. The summed E-state index contributed by atoms with van der Waals surface area (Å²) in [5.74, 6) is 1.60. The number of hydrogen-bond acceptors (Lipinski definition) is 5. The number of carbonyl (C=O) groups excluding carboxylic acids is 1. The Hall–Kier alpha value is -4.33. The number of carbonyl (C=O) groups is 1. The summed E-state index contributed by atoms with van der Waals surface area (Å²) < 4.78 is 7.84. The standard InChI is InChI=1S/C26H25N5O3/c1-2-22(32)30-14-6-7-18(15-30)31-16-21(23-24(31)26(33)29-28-25(23)27)17-10-12-20(13-11-17)34-19-8-4-3-5-9-19/h2-5,8-13,16,18H,1,6-7,14-15H2,(H2,27,28)(H,29,33)/t18-/m1/s1. The molecule has 3 heterocycles. The van der Waals surface area contributed by atoms with E-state index in [4.69, 9.17) is 10.5 Å². The number of piperidine rings is 1. The third kappa shape index (κ3) is 3.94. The molecule has 2 aromatic heterocycles. The van der Waals surface area contributed by atoms with Crippen LogP contribution in [-0.4, -0.2) is 38.7 Å². The van der Waals surface area contributed by atoms with Crippen molar-refractivity contribution in [3.63, 3.8) is 0 Å². The van der Waals surface area contributed by atoms with E-state index in [0.717, 1.165) is 29.7 Å². The van der Waals surface area contributed by atoms with Crippen LogP contribution in [0.5, 0.6) is 11.5 Å². The molecule has 34 heavy (non-hydrogen) atoms. The molecule has 0 spiro atoms. The first-order valence-corrected chi connectivity index (χ1v) is 11.2. The van der Waals surface area contributed by atoms with Gasteiger partial charge in [-0.2, -0.15) is 5.10 Å². The van der Waals surface area contributed by atoms with Crippen molar-refractivity contribution in [2.24, 2.45) is 0 Å². The van der Waals surface area contributed by atoms with Crippen molar-refractivity contribution in [1.29, 1.82) is 0 Å². The average Bonchev–Trinajstić information content (AvgIpc) is 3.29. The molecule has 1 atom stereocenters. The summed E-state index contributed by atoms with van der Waals surface area (Å²) in [5.41, 5.74) is 8.08. The summed E-state index contributed by atoms with van der Waals surface area (Å²) in [6.45, 7) is 4.77. The maximum absolute atomic E-state index is 12.9. The van der Waals surface area contributed by atoms with Gasteiger partial charge in [-0.15, -0.1) is 0 Å². The summed E-state index contributed by atoms with van der Waals surface area (Å²) in [6, 6.07) is 17.1. The lowest BCUT2D eigenvalue weighted by atomic mass is 10.1. The lowest BCUT2D eigenvalue weighted by molar-refractivity contribution is -0.127. The minimum atomic E-state index is -0.313. The lowest BCUT2D eigenvalue weighted by Gasteiger charge is -2.33. The van der Waals surface area contributed by atoms with Gasteiger partial charge in [0.2, 0.25) is 5.91 Å². The number of nitrogens with zero attached hydrogens (tertiary/aromatic N) is 3. The third-order valence-electron chi connectivity index (χ3n) is 6.20. The Morgan fingerprint density at radius 3 is 2.62 bits per heavy atom. The van der Waals surface area contributed by atoms with Crippen LogP contribution in [0.3, 0.4) is 0 Å². The number of anilines is 1. The van der Waals surface area contributed by atoms with Gasteiger partial charge in [-0.05, 0) is 48.7 Å². The summed E-state index contributed by atoms with van der Waals surface area (Å²) in [7, 11) is 0. The number of ether oxygens (including phenoxy) is 1. The molecule has 0 bridgehead atoms. The molecule has 8 heteroatoms. The van der Waals surface area contributed by atoms with Crippen LogP contribution in [0.15, 0.2) is 78.2 Å². The predicted octanol–water partition coefficient (Wildman–Crippen LogP) is 4.12. The highest BCUT2D eigenvalue weighted by molar-refractivity contribution is 6.02. The van der Waals surface area contributed by atoms with E-state index >= 15 is 0 Å². The predicted molar refractivity (Wildman–Crippen MR) is 132 cm³/mol. The summed E-state index contributed by atoms with van der Waals surface area (Å²) in [5, 5.41) is 7.11. The van der Waals surface area contributed by atoms with E-state index in [-0.39, 0.29) is 23.3 Å². The highest BCUT2D eigenvalue weighted by atomic mass is 16.5. The van der Waals surface area contributed by atoms with Crippen LogP contribution in [0.25, 0.3) is 22.0 Å². The minimum Gasteiger partial charge on any atom is -0.457 e. The van der Waals surface area contributed by atoms with Crippen molar-refractivity contribution in [3.8, 4) is 22.6 Å². The fourth-order valence-electron chi connectivity index (χ4n) is 4.58. The lowest BCUT2D eigenvalue weighted by Crippen LogP contribution is -2.40. The molecular weight excluding hydrogens is 430 g/mol. The van der Waals surface area contributed by atoms with Crippen molar-refractivity contribution < 1.29 is 9.53 Å². The third-order valence-corrected chi connectivity index (χ3v) is 6.20. The Morgan fingerprint density at radius 2 is 1.88 bits per heavy atom. The molecule has 0 unspecified atom stereocenters. The molecular formula is C26H25N5O3. The number of aromatic amines is 1. The van der Waals surface area contributed by atoms with Crippen LogP contribution < -0.4 is 16.0 Å². The maximum atomic E-state index is 12.9. The first-order chi connectivity index (χ1) is 16.5. The van der Waals surface area contributed by atoms with Crippen LogP contribution in [-0.2, 0) is 4.79 Å². The zero-order valence-corrected chi connectivity index (χ0v) is 18.6. The van der Waals surface area contributed by atoms with E-state index in [1.807, 2.05) is 65.4 Å². The second kappa shape index (κ2) is 8.90. The highest BCUT2D eigenvalue weighted by Gasteiger charge is 2.27. The van der Waals surface area contributed by atoms with Gasteiger partial charge in [-0.1, -0.05) is 36.9 Å². The molecule has 1 aliphatic heterocycles. The number of para-hydroxylation sites is 1. The quantitative estimate of drug-likeness (QED) is 0.441. The van der Waals surface area contributed by atoms with E-state index in [1.165, 1.54) is 6.08 Å². The Morgan fingerprint density at radius 1 is 1.15 bits per heavy atom. The molecule has 8 nitrogen and oxygen atoms in total. The highest BCUT2D eigenvalue weighted by Crippen LogP contribution is 2.36. The molecule has 0 saturated carbocycles. The number of nitrogens with two attached hydrogens (primary N) is 1. The molecule has 1 saturated heterocycles. The number of hydrogen-bond donors (Lipinski definition) is 2. The van der Waals surface area contributed by atoms with Crippen molar-refractivity contribution in [2.75, 3.05) is 18.8 Å². The molecule has 2 aromatic carbocycles. The SMILES string of the molecule is C=CC(=O)N1CCC[C@@H](n2cc(-c3ccc(Oc4ccccc4)cc3)c3c(N)n[nH]c(=O)c32)C1. The van der Waals surface area contributed by atoms with Crippen molar-refractivity contribution >= 4 is 22.6 Å². The van der Waals surface area contributed by atoms with Gasteiger partial charge in [0.15, 0.2) is 5.82 Å². The Balaban J connectivity index is 1.55. The molecule has 4 aromatic rings. The molecule has 0 radical (unpaired) electrons. The Bertz CT molecular complexity index is 1410. The number of rotatable bonds is 5. The number of likely N-dealkylation sites (tertiary alicyclic amines) is 1. The first-order valence-electron chi connectivity index (χ1n) is 11.2. The summed E-state index contributed by atoms with van der Waals surface area (Å²) in [4.78, 5) is 26.8. The maximum Gasteiger partial charge on any atom is 0.288 e. The molecule has 3 N–H and O–H groups in total.